The molecule has 0 aromatic heterocycles. The van der Waals surface area contributed by atoms with Crippen molar-refractivity contribution in [3.05, 3.63) is 76.6 Å². The number of nitriles is 1. The molecule has 3 nitrogen and oxygen atoms in total. The fourth-order valence-electron chi connectivity index (χ4n) is 3.24. The van der Waals surface area contributed by atoms with Gasteiger partial charge in [-0.3, -0.25) is 0 Å². The quantitative estimate of drug-likeness (QED) is 0.636. The highest BCUT2D eigenvalue weighted by Crippen LogP contribution is 2.33. The van der Waals surface area contributed by atoms with E-state index in [0.29, 0.717) is 31.0 Å². The second-order valence-corrected chi connectivity index (χ2v) is 6.41. The molecule has 0 fully saturated rings. The van der Waals surface area contributed by atoms with Crippen molar-refractivity contribution in [3.63, 3.8) is 0 Å². The zero-order valence-corrected chi connectivity index (χ0v) is 14.0. The van der Waals surface area contributed by atoms with Crippen LogP contribution in [-0.4, -0.2) is 12.6 Å². The second-order valence-electron chi connectivity index (χ2n) is 6.41. The maximum atomic E-state index is 14.0. The van der Waals surface area contributed by atoms with Gasteiger partial charge in [-0.05, 0) is 42.7 Å². The lowest BCUT2D eigenvalue weighted by atomic mass is 9.80. The molecule has 26 heavy (non-hydrogen) atoms. The summed E-state index contributed by atoms with van der Waals surface area (Å²) in [7, 11) is 0. The molecule has 0 bridgehead atoms. The zero-order chi connectivity index (χ0) is 18.7. The molecule has 1 aliphatic rings. The Morgan fingerprint density at radius 2 is 1.88 bits per heavy atom. The van der Waals surface area contributed by atoms with Gasteiger partial charge in [0.25, 0.3) is 0 Å². The van der Waals surface area contributed by atoms with Crippen LogP contribution in [0.3, 0.4) is 0 Å². The van der Waals surface area contributed by atoms with E-state index in [9.17, 15) is 13.2 Å². The van der Waals surface area contributed by atoms with Crippen molar-refractivity contribution in [2.45, 2.75) is 24.8 Å². The van der Waals surface area contributed by atoms with Crippen molar-refractivity contribution >= 4 is 5.69 Å². The summed E-state index contributed by atoms with van der Waals surface area (Å²) in [6.45, 7) is 0.551. The van der Waals surface area contributed by atoms with Crippen molar-refractivity contribution in [1.82, 2.24) is 0 Å². The maximum Gasteiger partial charge on any atom is 0.161 e. The zero-order valence-electron chi connectivity index (χ0n) is 14.0. The van der Waals surface area contributed by atoms with Crippen LogP contribution < -0.4 is 11.1 Å². The minimum atomic E-state index is -1.20. The molecule has 3 N–H and O–H groups in total. The van der Waals surface area contributed by atoms with E-state index in [1.165, 1.54) is 0 Å². The van der Waals surface area contributed by atoms with Crippen LogP contribution >= 0.6 is 0 Å². The molecule has 6 heteroatoms. The molecule has 0 heterocycles. The lowest BCUT2D eigenvalue weighted by molar-refractivity contribution is 0.455. The first-order chi connectivity index (χ1) is 12.5. The number of allylic oxidation sites excluding steroid dienone is 1. The molecule has 2 atom stereocenters. The summed E-state index contributed by atoms with van der Waals surface area (Å²) in [4.78, 5) is 0. The summed E-state index contributed by atoms with van der Waals surface area (Å²) < 4.78 is 40.6. The Kier molecular flexibility index (Phi) is 5.29. The van der Waals surface area contributed by atoms with Crippen LogP contribution in [0.2, 0.25) is 0 Å². The largest absolute Gasteiger partial charge is 0.381 e. The third-order valence-corrected chi connectivity index (χ3v) is 4.63. The number of rotatable bonds is 4. The Morgan fingerprint density at radius 3 is 2.62 bits per heavy atom. The fourth-order valence-corrected chi connectivity index (χ4v) is 3.24. The standard InChI is InChI=1S/C20H18F3N3/c21-17-9-19(23)18(22)8-16(17)15-5-4-13(7-20(15)25)11-26-14-3-1-2-12(6-14)10-24/h1-4,6,8-9,15,20,26H,5,7,11,25H2. The van der Waals surface area contributed by atoms with Gasteiger partial charge in [-0.2, -0.15) is 5.26 Å². The number of nitrogens with zero attached hydrogens (tertiary/aromatic N) is 1. The molecule has 0 amide bonds. The molecule has 0 saturated heterocycles. The monoisotopic (exact) mass is 357 g/mol. The van der Waals surface area contributed by atoms with Gasteiger partial charge in [0.05, 0.1) is 11.6 Å². The molecule has 134 valence electrons. The summed E-state index contributed by atoms with van der Waals surface area (Å²) in [5.41, 5.74) is 8.74. The number of hydrogen-bond acceptors (Lipinski definition) is 3. The summed E-state index contributed by atoms with van der Waals surface area (Å²) in [5.74, 6) is -3.43. The average molecular weight is 357 g/mol. The van der Waals surface area contributed by atoms with Crippen molar-refractivity contribution in [2.24, 2.45) is 5.73 Å². The minimum absolute atomic E-state index is 0.112. The first-order valence-corrected chi connectivity index (χ1v) is 8.30. The van der Waals surface area contributed by atoms with E-state index in [2.05, 4.69) is 11.4 Å². The minimum Gasteiger partial charge on any atom is -0.381 e. The third-order valence-electron chi connectivity index (χ3n) is 4.63. The molecule has 0 spiro atoms. The van der Waals surface area contributed by atoms with Gasteiger partial charge in [0, 0.05) is 30.3 Å². The van der Waals surface area contributed by atoms with E-state index in [0.717, 1.165) is 17.3 Å². The van der Waals surface area contributed by atoms with E-state index in [1.54, 1.807) is 18.2 Å². The van der Waals surface area contributed by atoms with Gasteiger partial charge in [0.2, 0.25) is 0 Å². The summed E-state index contributed by atoms with van der Waals surface area (Å²) in [6.07, 6.45) is 2.93. The van der Waals surface area contributed by atoms with Crippen LogP contribution in [0.25, 0.3) is 0 Å². The van der Waals surface area contributed by atoms with Gasteiger partial charge >= 0.3 is 0 Å². The van der Waals surface area contributed by atoms with Crippen LogP contribution in [0.15, 0.2) is 48.0 Å². The Bertz CT molecular complexity index is 886. The lowest BCUT2D eigenvalue weighted by Gasteiger charge is -2.29. The van der Waals surface area contributed by atoms with Crippen LogP contribution in [0.1, 0.15) is 29.9 Å². The van der Waals surface area contributed by atoms with Crippen LogP contribution in [-0.2, 0) is 0 Å². The smallest absolute Gasteiger partial charge is 0.161 e. The molecular formula is C20H18F3N3. The molecule has 0 aliphatic heterocycles. The van der Waals surface area contributed by atoms with Gasteiger partial charge in [0.1, 0.15) is 5.82 Å². The van der Waals surface area contributed by atoms with Crippen LogP contribution in [0.4, 0.5) is 18.9 Å². The maximum absolute atomic E-state index is 14.0. The van der Waals surface area contributed by atoms with Crippen molar-refractivity contribution in [1.29, 1.82) is 5.26 Å². The fraction of sp³-hybridized carbons (Fsp3) is 0.250. The predicted molar refractivity (Wildman–Crippen MR) is 94.0 cm³/mol. The molecule has 1 aliphatic carbocycles. The molecule has 0 saturated carbocycles. The second kappa shape index (κ2) is 7.63. The number of halogens is 3. The molecular weight excluding hydrogens is 339 g/mol. The van der Waals surface area contributed by atoms with E-state index < -0.39 is 23.4 Å². The molecule has 2 aromatic carbocycles. The molecule has 0 radical (unpaired) electrons. The predicted octanol–water partition coefficient (Wildman–Crippen LogP) is 4.22. The Morgan fingerprint density at radius 1 is 1.12 bits per heavy atom. The normalized spacial score (nSPS) is 19.6. The van der Waals surface area contributed by atoms with Crippen molar-refractivity contribution < 1.29 is 13.2 Å². The number of anilines is 1. The Hall–Kier alpha value is -2.78. The van der Waals surface area contributed by atoms with Crippen LogP contribution in [0, 0.1) is 28.8 Å². The highest BCUT2D eigenvalue weighted by atomic mass is 19.2. The number of nitrogens with two attached hydrogens (primary N) is 1. The summed E-state index contributed by atoms with van der Waals surface area (Å²) in [6, 6.07) is 10.3. The first kappa shape index (κ1) is 18.0. The topological polar surface area (TPSA) is 61.8 Å². The summed E-state index contributed by atoms with van der Waals surface area (Å²) >= 11 is 0. The van der Waals surface area contributed by atoms with E-state index in [4.69, 9.17) is 11.0 Å². The molecule has 2 unspecified atom stereocenters. The first-order valence-electron chi connectivity index (χ1n) is 8.30. The van der Waals surface area contributed by atoms with Crippen LogP contribution in [0.5, 0.6) is 0 Å². The SMILES string of the molecule is N#Cc1cccc(NCC2=CCC(c3cc(F)c(F)cc3F)C(N)C2)c1. The summed E-state index contributed by atoms with van der Waals surface area (Å²) in [5, 5.41) is 12.2. The highest BCUT2D eigenvalue weighted by molar-refractivity contribution is 5.50. The molecule has 3 rings (SSSR count). The average Bonchev–Trinajstić information content (AvgIpc) is 2.63. The van der Waals surface area contributed by atoms with Crippen molar-refractivity contribution in [3.8, 4) is 6.07 Å². The number of benzene rings is 2. The van der Waals surface area contributed by atoms with Gasteiger partial charge in [-0.25, -0.2) is 13.2 Å². The van der Waals surface area contributed by atoms with Gasteiger partial charge in [-0.1, -0.05) is 17.7 Å². The van der Waals surface area contributed by atoms with E-state index in [-0.39, 0.29) is 11.6 Å². The Labute approximate surface area is 149 Å². The number of hydrogen-bond donors (Lipinski definition) is 2. The highest BCUT2D eigenvalue weighted by Gasteiger charge is 2.27. The van der Waals surface area contributed by atoms with E-state index >= 15 is 0 Å². The van der Waals surface area contributed by atoms with Gasteiger partial charge in [0.15, 0.2) is 11.6 Å². The van der Waals surface area contributed by atoms with Crippen molar-refractivity contribution in [2.75, 3.05) is 11.9 Å². The third kappa shape index (κ3) is 3.89. The van der Waals surface area contributed by atoms with E-state index in [1.807, 2.05) is 12.1 Å². The lowest BCUT2D eigenvalue weighted by Crippen LogP contribution is -2.33. The Balaban J connectivity index is 1.69. The number of nitrogens with one attached hydrogen (secondary N) is 1. The van der Waals surface area contributed by atoms with Gasteiger partial charge < -0.3 is 11.1 Å². The molecule has 2 aromatic rings. The van der Waals surface area contributed by atoms with Gasteiger partial charge in [-0.15, -0.1) is 0 Å².